The molecule has 0 radical (unpaired) electrons. The van der Waals surface area contributed by atoms with Gasteiger partial charge in [-0.25, -0.2) is 0 Å². The molecule has 106 valence electrons. The van der Waals surface area contributed by atoms with Crippen LogP contribution in [0.1, 0.15) is 51.9 Å². The second-order valence-corrected chi connectivity index (χ2v) is 5.87. The minimum absolute atomic E-state index is 0.0541. The van der Waals surface area contributed by atoms with Crippen LogP contribution in [0.25, 0.3) is 0 Å². The lowest BCUT2D eigenvalue weighted by Crippen LogP contribution is -2.11. The predicted molar refractivity (Wildman–Crippen MR) is 85.8 cm³/mol. The van der Waals surface area contributed by atoms with Crippen LogP contribution >= 0.6 is 27.5 Å². The molecular formula is C15H21BrClNO. The van der Waals surface area contributed by atoms with E-state index in [1.165, 1.54) is 25.7 Å². The summed E-state index contributed by atoms with van der Waals surface area (Å²) in [5.41, 5.74) is 0.739. The lowest BCUT2D eigenvalue weighted by Gasteiger charge is -2.08. The predicted octanol–water partition coefficient (Wildman–Crippen LogP) is 5.79. The molecule has 0 aliphatic carbocycles. The average Bonchev–Trinajstić information content (AvgIpc) is 2.39. The highest BCUT2D eigenvalue weighted by molar-refractivity contribution is 9.10. The van der Waals surface area contributed by atoms with Gasteiger partial charge < -0.3 is 5.32 Å². The van der Waals surface area contributed by atoms with E-state index in [0.29, 0.717) is 11.4 Å². The maximum absolute atomic E-state index is 11.8. The molecule has 0 aromatic heterocycles. The molecule has 1 amide bonds. The summed E-state index contributed by atoms with van der Waals surface area (Å²) in [7, 11) is 0. The fourth-order valence-electron chi connectivity index (χ4n) is 1.88. The first-order chi connectivity index (χ1) is 9.15. The number of anilines is 1. The Hall–Kier alpha value is -0.540. The van der Waals surface area contributed by atoms with E-state index in [2.05, 4.69) is 28.2 Å². The smallest absolute Gasteiger partial charge is 0.224 e. The average molecular weight is 347 g/mol. The molecule has 1 aromatic rings. The van der Waals surface area contributed by atoms with Crippen molar-refractivity contribution in [2.45, 2.75) is 51.9 Å². The number of nitrogens with one attached hydrogen (secondary N) is 1. The summed E-state index contributed by atoms with van der Waals surface area (Å²) < 4.78 is 0.743. The number of amides is 1. The number of hydrogen-bond donors (Lipinski definition) is 1. The van der Waals surface area contributed by atoms with Crippen LogP contribution in [0.3, 0.4) is 0 Å². The fraction of sp³-hybridized carbons (Fsp3) is 0.533. The van der Waals surface area contributed by atoms with Gasteiger partial charge in [0.1, 0.15) is 0 Å². The summed E-state index contributed by atoms with van der Waals surface area (Å²) in [6.07, 6.45) is 7.70. The van der Waals surface area contributed by atoms with Gasteiger partial charge in [0.2, 0.25) is 5.91 Å². The number of hydrogen-bond acceptors (Lipinski definition) is 1. The first-order valence-corrected chi connectivity index (χ1v) is 8.06. The molecule has 0 saturated carbocycles. The van der Waals surface area contributed by atoms with Gasteiger partial charge in [-0.1, -0.05) is 56.7 Å². The molecule has 0 spiro atoms. The molecular weight excluding hydrogens is 326 g/mol. The minimum atomic E-state index is 0.0541. The van der Waals surface area contributed by atoms with Crippen molar-refractivity contribution in [3.63, 3.8) is 0 Å². The van der Waals surface area contributed by atoms with Crippen LogP contribution in [0, 0.1) is 0 Å². The zero-order valence-electron chi connectivity index (χ0n) is 11.3. The number of unbranched alkanes of at least 4 members (excludes halogenated alkanes) is 5. The van der Waals surface area contributed by atoms with E-state index in [1.54, 1.807) is 6.07 Å². The minimum Gasteiger partial charge on any atom is -0.325 e. The number of halogens is 2. The molecule has 1 rings (SSSR count). The molecule has 0 atom stereocenters. The second-order valence-electron chi connectivity index (χ2n) is 4.67. The molecule has 0 fully saturated rings. The van der Waals surface area contributed by atoms with Gasteiger partial charge in [0.15, 0.2) is 0 Å². The van der Waals surface area contributed by atoms with E-state index in [4.69, 9.17) is 11.6 Å². The van der Waals surface area contributed by atoms with Crippen LogP contribution in [0.15, 0.2) is 22.7 Å². The molecule has 2 nitrogen and oxygen atoms in total. The molecule has 1 aromatic carbocycles. The van der Waals surface area contributed by atoms with Gasteiger partial charge in [-0.2, -0.15) is 0 Å². The van der Waals surface area contributed by atoms with Gasteiger partial charge >= 0.3 is 0 Å². The highest BCUT2D eigenvalue weighted by Gasteiger charge is 2.07. The molecule has 1 N–H and O–H groups in total. The Kier molecular flexibility index (Phi) is 8.15. The maximum atomic E-state index is 11.8. The van der Waals surface area contributed by atoms with Gasteiger partial charge in [0.05, 0.1) is 15.2 Å². The largest absolute Gasteiger partial charge is 0.325 e. The molecule has 4 heteroatoms. The Balaban J connectivity index is 2.26. The molecule has 0 heterocycles. The van der Waals surface area contributed by atoms with Crippen LogP contribution in [-0.2, 0) is 4.79 Å². The summed E-state index contributed by atoms with van der Waals surface area (Å²) in [5.74, 6) is 0.0541. The highest BCUT2D eigenvalue weighted by Crippen LogP contribution is 2.30. The second kappa shape index (κ2) is 9.38. The lowest BCUT2D eigenvalue weighted by atomic mass is 10.1. The zero-order valence-corrected chi connectivity index (χ0v) is 13.7. The van der Waals surface area contributed by atoms with Crippen LogP contribution in [-0.4, -0.2) is 5.91 Å². The number of rotatable bonds is 8. The SMILES string of the molecule is CCCCCCCCC(=O)Nc1cccc(Cl)c1Br. The van der Waals surface area contributed by atoms with E-state index < -0.39 is 0 Å². The summed E-state index contributed by atoms with van der Waals surface area (Å²) >= 11 is 9.35. The van der Waals surface area contributed by atoms with Crippen LogP contribution in [0.4, 0.5) is 5.69 Å². The monoisotopic (exact) mass is 345 g/mol. The van der Waals surface area contributed by atoms with Gasteiger partial charge in [-0.3, -0.25) is 4.79 Å². The summed E-state index contributed by atoms with van der Waals surface area (Å²) in [6, 6.07) is 5.46. The van der Waals surface area contributed by atoms with E-state index in [0.717, 1.165) is 23.0 Å². The van der Waals surface area contributed by atoms with Gasteiger partial charge in [-0.05, 0) is 34.5 Å². The van der Waals surface area contributed by atoms with Crippen molar-refractivity contribution in [2.75, 3.05) is 5.32 Å². The van der Waals surface area contributed by atoms with Crippen molar-refractivity contribution in [3.8, 4) is 0 Å². The van der Waals surface area contributed by atoms with Crippen molar-refractivity contribution in [3.05, 3.63) is 27.7 Å². The third kappa shape index (κ3) is 6.44. The fourth-order valence-corrected chi connectivity index (χ4v) is 2.42. The number of carbonyl (C=O) groups excluding carboxylic acids is 1. The molecule has 0 saturated heterocycles. The van der Waals surface area contributed by atoms with Gasteiger partial charge in [0, 0.05) is 6.42 Å². The van der Waals surface area contributed by atoms with E-state index in [9.17, 15) is 4.79 Å². The third-order valence-electron chi connectivity index (χ3n) is 2.98. The Labute approximate surface area is 129 Å². The summed E-state index contributed by atoms with van der Waals surface area (Å²) in [6.45, 7) is 2.20. The number of benzene rings is 1. The van der Waals surface area contributed by atoms with E-state index in [-0.39, 0.29) is 5.91 Å². The zero-order chi connectivity index (χ0) is 14.1. The van der Waals surface area contributed by atoms with Crippen LogP contribution in [0.5, 0.6) is 0 Å². The van der Waals surface area contributed by atoms with Crippen molar-refractivity contribution >= 4 is 39.1 Å². The van der Waals surface area contributed by atoms with Crippen molar-refractivity contribution < 1.29 is 4.79 Å². The summed E-state index contributed by atoms with van der Waals surface area (Å²) in [4.78, 5) is 11.8. The lowest BCUT2D eigenvalue weighted by molar-refractivity contribution is -0.116. The van der Waals surface area contributed by atoms with Crippen LogP contribution < -0.4 is 5.32 Å². The Morgan fingerprint density at radius 2 is 1.89 bits per heavy atom. The molecule has 0 aliphatic rings. The van der Waals surface area contributed by atoms with E-state index >= 15 is 0 Å². The highest BCUT2D eigenvalue weighted by atomic mass is 79.9. The Morgan fingerprint density at radius 1 is 1.21 bits per heavy atom. The molecule has 0 unspecified atom stereocenters. The Bertz CT molecular complexity index is 409. The normalized spacial score (nSPS) is 10.5. The maximum Gasteiger partial charge on any atom is 0.224 e. The van der Waals surface area contributed by atoms with E-state index in [1.807, 2.05) is 12.1 Å². The quantitative estimate of drug-likeness (QED) is 0.593. The molecule has 19 heavy (non-hydrogen) atoms. The van der Waals surface area contributed by atoms with Gasteiger partial charge in [0.25, 0.3) is 0 Å². The molecule has 0 bridgehead atoms. The standard InChI is InChI=1S/C15H21BrClNO/c1-2-3-4-5-6-7-11-14(19)18-13-10-8-9-12(17)15(13)16/h8-10H,2-7,11H2,1H3,(H,18,19). The van der Waals surface area contributed by atoms with Crippen LogP contribution in [0.2, 0.25) is 5.02 Å². The first kappa shape index (κ1) is 16.5. The Morgan fingerprint density at radius 3 is 2.63 bits per heavy atom. The molecule has 0 aliphatic heterocycles. The first-order valence-electron chi connectivity index (χ1n) is 6.89. The van der Waals surface area contributed by atoms with Gasteiger partial charge in [-0.15, -0.1) is 0 Å². The van der Waals surface area contributed by atoms with Crippen molar-refractivity contribution in [1.82, 2.24) is 0 Å². The van der Waals surface area contributed by atoms with Crippen molar-refractivity contribution in [2.24, 2.45) is 0 Å². The topological polar surface area (TPSA) is 29.1 Å². The van der Waals surface area contributed by atoms with Crippen molar-refractivity contribution in [1.29, 1.82) is 0 Å². The number of carbonyl (C=O) groups is 1. The summed E-state index contributed by atoms with van der Waals surface area (Å²) in [5, 5.41) is 3.49. The third-order valence-corrected chi connectivity index (χ3v) is 4.38.